The van der Waals surface area contributed by atoms with E-state index in [1.165, 1.54) is 6.33 Å². The zero-order valence-electron chi connectivity index (χ0n) is 12.1. The van der Waals surface area contributed by atoms with E-state index in [-0.39, 0.29) is 5.75 Å². The number of pyridine rings is 1. The Bertz CT molecular complexity index is 956. The van der Waals surface area contributed by atoms with Crippen molar-refractivity contribution in [2.45, 2.75) is 20.0 Å². The number of rotatable bonds is 3. The zero-order chi connectivity index (χ0) is 15.1. The highest BCUT2D eigenvalue weighted by Gasteiger charge is 2.13. The summed E-state index contributed by atoms with van der Waals surface area (Å²) in [5.74, 6) is 0.267. The molecular weight excluding hydrogens is 278 g/mol. The van der Waals surface area contributed by atoms with Crippen molar-refractivity contribution >= 4 is 21.8 Å². The monoisotopic (exact) mass is 293 g/mol. The predicted octanol–water partition coefficient (Wildman–Crippen LogP) is 2.50. The fourth-order valence-corrected chi connectivity index (χ4v) is 2.99. The lowest BCUT2D eigenvalue weighted by Crippen LogP contribution is -2.08. The fraction of sp³-hybridized carbons (Fsp3) is 0.188. The van der Waals surface area contributed by atoms with E-state index < -0.39 is 0 Å². The summed E-state index contributed by atoms with van der Waals surface area (Å²) in [7, 11) is 0. The van der Waals surface area contributed by atoms with Gasteiger partial charge in [0.25, 0.3) is 0 Å². The van der Waals surface area contributed by atoms with Gasteiger partial charge in [0.2, 0.25) is 0 Å². The van der Waals surface area contributed by atoms with Crippen molar-refractivity contribution in [3.63, 3.8) is 0 Å². The van der Waals surface area contributed by atoms with Crippen LogP contribution < -0.4 is 0 Å². The highest BCUT2D eigenvalue weighted by atomic mass is 16.3. The summed E-state index contributed by atoms with van der Waals surface area (Å²) in [5, 5.41) is 16.3. The molecule has 1 N–H and O–H groups in total. The number of fused-ring (bicyclic) bond motifs is 3. The van der Waals surface area contributed by atoms with Gasteiger partial charge in [-0.05, 0) is 25.1 Å². The van der Waals surface area contributed by atoms with E-state index in [4.69, 9.17) is 0 Å². The van der Waals surface area contributed by atoms with Crippen LogP contribution in [0.4, 0.5) is 0 Å². The quantitative estimate of drug-likeness (QED) is 0.630. The van der Waals surface area contributed by atoms with Gasteiger partial charge in [0, 0.05) is 29.6 Å². The molecular formula is C16H15N5O. The molecule has 22 heavy (non-hydrogen) atoms. The molecule has 0 amide bonds. The van der Waals surface area contributed by atoms with Gasteiger partial charge in [-0.15, -0.1) is 0 Å². The van der Waals surface area contributed by atoms with Crippen molar-refractivity contribution in [2.75, 3.05) is 0 Å². The molecule has 0 atom stereocenters. The maximum Gasteiger partial charge on any atom is 0.137 e. The minimum atomic E-state index is 0.267. The first-order chi connectivity index (χ1) is 10.7. The van der Waals surface area contributed by atoms with Crippen LogP contribution in [0, 0.1) is 6.92 Å². The number of aromatic hydroxyl groups is 1. The molecule has 0 spiro atoms. The first kappa shape index (κ1) is 12.8. The minimum absolute atomic E-state index is 0.267. The topological polar surface area (TPSA) is 68.8 Å². The van der Waals surface area contributed by atoms with E-state index in [1.807, 2.05) is 25.3 Å². The van der Waals surface area contributed by atoms with Crippen LogP contribution in [0.5, 0.6) is 5.75 Å². The summed E-state index contributed by atoms with van der Waals surface area (Å²) in [6, 6.07) is 7.50. The zero-order valence-corrected chi connectivity index (χ0v) is 12.1. The van der Waals surface area contributed by atoms with Crippen molar-refractivity contribution in [2.24, 2.45) is 0 Å². The molecule has 0 saturated heterocycles. The third-order valence-electron chi connectivity index (χ3n) is 3.96. The van der Waals surface area contributed by atoms with Crippen LogP contribution in [-0.4, -0.2) is 29.4 Å². The maximum absolute atomic E-state index is 9.84. The Morgan fingerprint density at radius 1 is 1.14 bits per heavy atom. The van der Waals surface area contributed by atoms with E-state index in [9.17, 15) is 5.11 Å². The largest absolute Gasteiger partial charge is 0.508 e. The third kappa shape index (κ3) is 1.92. The smallest absolute Gasteiger partial charge is 0.137 e. The van der Waals surface area contributed by atoms with Crippen LogP contribution in [0.1, 0.15) is 5.69 Å². The number of benzene rings is 1. The molecule has 6 heteroatoms. The van der Waals surface area contributed by atoms with Crippen LogP contribution in [0.3, 0.4) is 0 Å². The number of nitrogens with zero attached hydrogens (tertiary/aromatic N) is 5. The standard InChI is InChI=1S/C16H15N5O/c1-11-16-14(4-5-18-11)13-3-2-12(22)8-15(13)21(16)7-6-20-10-17-9-19-20/h2-5,8-10,22H,6-7H2,1H3. The lowest BCUT2D eigenvalue weighted by molar-refractivity contribution is 0.475. The number of aromatic nitrogens is 5. The SMILES string of the molecule is Cc1nccc2c3ccc(O)cc3n(CCn3cncn3)c12. The molecule has 3 aromatic heterocycles. The molecule has 0 aliphatic heterocycles. The van der Waals surface area contributed by atoms with Gasteiger partial charge in [-0.25, -0.2) is 4.98 Å². The second-order valence-corrected chi connectivity index (χ2v) is 5.30. The summed E-state index contributed by atoms with van der Waals surface area (Å²) < 4.78 is 3.99. The molecule has 0 fully saturated rings. The summed E-state index contributed by atoms with van der Waals surface area (Å²) in [5.41, 5.74) is 3.08. The minimum Gasteiger partial charge on any atom is -0.508 e. The summed E-state index contributed by atoms with van der Waals surface area (Å²) >= 11 is 0. The van der Waals surface area contributed by atoms with E-state index >= 15 is 0 Å². The molecule has 0 aliphatic carbocycles. The average Bonchev–Trinajstić information content (AvgIpc) is 3.11. The van der Waals surface area contributed by atoms with Gasteiger partial charge in [0.15, 0.2) is 0 Å². The first-order valence-electron chi connectivity index (χ1n) is 7.13. The van der Waals surface area contributed by atoms with E-state index in [2.05, 4.69) is 19.6 Å². The second kappa shape index (κ2) is 4.84. The Morgan fingerprint density at radius 3 is 2.86 bits per heavy atom. The molecule has 110 valence electrons. The fourth-order valence-electron chi connectivity index (χ4n) is 2.99. The van der Waals surface area contributed by atoms with Gasteiger partial charge in [-0.1, -0.05) is 0 Å². The van der Waals surface area contributed by atoms with E-state index in [1.54, 1.807) is 23.1 Å². The second-order valence-electron chi connectivity index (χ2n) is 5.30. The molecule has 0 saturated carbocycles. The van der Waals surface area contributed by atoms with E-state index in [0.29, 0.717) is 6.54 Å². The highest BCUT2D eigenvalue weighted by molar-refractivity contribution is 6.08. The van der Waals surface area contributed by atoms with Crippen molar-refractivity contribution in [3.05, 3.63) is 48.8 Å². The van der Waals surface area contributed by atoms with Crippen LogP contribution in [-0.2, 0) is 13.1 Å². The number of hydrogen-bond donors (Lipinski definition) is 1. The molecule has 6 nitrogen and oxygen atoms in total. The van der Waals surface area contributed by atoms with Gasteiger partial charge in [-0.2, -0.15) is 5.10 Å². The van der Waals surface area contributed by atoms with Crippen LogP contribution in [0.25, 0.3) is 21.8 Å². The molecule has 0 radical (unpaired) electrons. The molecule has 0 unspecified atom stereocenters. The van der Waals surface area contributed by atoms with Crippen molar-refractivity contribution in [3.8, 4) is 5.75 Å². The van der Waals surface area contributed by atoms with Gasteiger partial charge in [-0.3, -0.25) is 9.67 Å². The first-order valence-corrected chi connectivity index (χ1v) is 7.13. The number of phenolic OH excluding ortho intramolecular Hbond substituents is 1. The van der Waals surface area contributed by atoms with Crippen LogP contribution >= 0.6 is 0 Å². The Kier molecular flexibility index (Phi) is 2.82. The van der Waals surface area contributed by atoms with Gasteiger partial charge in [0.05, 0.1) is 23.3 Å². The van der Waals surface area contributed by atoms with Crippen molar-refractivity contribution in [1.29, 1.82) is 0 Å². The Morgan fingerprint density at radius 2 is 2.05 bits per heavy atom. The molecule has 4 rings (SSSR count). The van der Waals surface area contributed by atoms with E-state index in [0.717, 1.165) is 34.0 Å². The number of hydrogen-bond acceptors (Lipinski definition) is 4. The maximum atomic E-state index is 9.84. The molecule has 1 aromatic carbocycles. The molecule has 0 aliphatic rings. The summed E-state index contributed by atoms with van der Waals surface area (Å²) in [6.07, 6.45) is 5.06. The van der Waals surface area contributed by atoms with Gasteiger partial charge in [0.1, 0.15) is 18.4 Å². The van der Waals surface area contributed by atoms with Crippen LogP contribution in [0.2, 0.25) is 0 Å². The average molecular weight is 293 g/mol. The lowest BCUT2D eigenvalue weighted by atomic mass is 10.1. The molecule has 0 bridgehead atoms. The lowest BCUT2D eigenvalue weighted by Gasteiger charge is -2.08. The Labute approximate surface area is 126 Å². The van der Waals surface area contributed by atoms with Crippen molar-refractivity contribution in [1.82, 2.24) is 24.3 Å². The normalized spacial score (nSPS) is 11.5. The Balaban J connectivity index is 1.94. The predicted molar refractivity (Wildman–Crippen MR) is 83.7 cm³/mol. The molecule has 3 heterocycles. The summed E-state index contributed by atoms with van der Waals surface area (Å²) in [6.45, 7) is 3.45. The Hall–Kier alpha value is -2.89. The molecule has 4 aromatic rings. The highest BCUT2D eigenvalue weighted by Crippen LogP contribution is 2.32. The van der Waals surface area contributed by atoms with Crippen molar-refractivity contribution < 1.29 is 5.11 Å². The van der Waals surface area contributed by atoms with Gasteiger partial charge >= 0.3 is 0 Å². The van der Waals surface area contributed by atoms with Crippen LogP contribution in [0.15, 0.2) is 43.1 Å². The number of aryl methyl sites for hydroxylation is 3. The summed E-state index contributed by atoms with van der Waals surface area (Å²) in [4.78, 5) is 8.38. The third-order valence-corrected chi connectivity index (χ3v) is 3.96. The number of phenols is 1. The van der Waals surface area contributed by atoms with Gasteiger partial charge < -0.3 is 9.67 Å².